The summed E-state index contributed by atoms with van der Waals surface area (Å²) < 4.78 is 2.63. The molecule has 0 saturated heterocycles. The minimum Gasteiger partial charge on any atom is -0.288 e. The van der Waals surface area contributed by atoms with Crippen molar-refractivity contribution in [3.63, 3.8) is 0 Å². The number of aryl methyl sites for hydroxylation is 1. The number of hydrogen-bond donors (Lipinski definition) is 0. The summed E-state index contributed by atoms with van der Waals surface area (Å²) in [5.74, 6) is 0. The molecule has 1 aliphatic rings. The van der Waals surface area contributed by atoms with Gasteiger partial charge in [0.1, 0.15) is 12.2 Å². The third kappa shape index (κ3) is 5.80. The van der Waals surface area contributed by atoms with Gasteiger partial charge in [0.15, 0.2) is 5.69 Å². The Morgan fingerprint density at radius 2 is 1.41 bits per heavy atom. The molecule has 0 fully saturated rings. The van der Waals surface area contributed by atoms with Crippen LogP contribution in [0.2, 0.25) is 0 Å². The molecule has 1 aromatic carbocycles. The smallest absolute Gasteiger partial charge is 0.212 e. The molecule has 1 aromatic heterocycles. The number of rotatable bonds is 13. The van der Waals surface area contributed by atoms with Crippen molar-refractivity contribution in [3.8, 4) is 0 Å². The van der Waals surface area contributed by atoms with Crippen molar-refractivity contribution in [2.75, 3.05) is 28.2 Å². The van der Waals surface area contributed by atoms with Crippen molar-refractivity contribution >= 4 is 17.0 Å². The Kier molecular flexibility index (Phi) is 9.31. The van der Waals surface area contributed by atoms with Crippen LogP contribution in [-0.4, -0.2) is 43.7 Å². The Balaban J connectivity index is 1.68. The standard InChI is InChI=1S/C29H46N3/c1-6-7-8-9-10-11-12-13-14-17-22-32-27-19-16-15-18-25(27)23-26-20-21-29(30(2)3,31(4)5)24-28(26)32/h15-16,18-21,23H,6-14,17,22,24H2,1-5H3/q+1. The number of pyridine rings is 1. The number of hydrogen-bond acceptors (Lipinski definition) is 2. The molecule has 0 N–H and O–H groups in total. The Hall–Kier alpha value is -1.71. The summed E-state index contributed by atoms with van der Waals surface area (Å²) in [5.41, 5.74) is 4.16. The van der Waals surface area contributed by atoms with Crippen molar-refractivity contribution in [1.29, 1.82) is 0 Å². The van der Waals surface area contributed by atoms with Gasteiger partial charge in [-0.2, -0.15) is 4.57 Å². The van der Waals surface area contributed by atoms with Crippen molar-refractivity contribution < 1.29 is 4.57 Å². The summed E-state index contributed by atoms with van der Waals surface area (Å²) >= 11 is 0. The summed E-state index contributed by atoms with van der Waals surface area (Å²) in [4.78, 5) is 4.71. The van der Waals surface area contributed by atoms with Crippen LogP contribution < -0.4 is 4.57 Å². The highest BCUT2D eigenvalue weighted by atomic mass is 15.4. The molecule has 0 spiro atoms. The molecule has 0 bridgehead atoms. The molecule has 0 aliphatic heterocycles. The number of para-hydroxylation sites is 1. The number of aromatic nitrogens is 1. The van der Waals surface area contributed by atoms with Gasteiger partial charge in [-0.1, -0.05) is 70.4 Å². The van der Waals surface area contributed by atoms with E-state index in [0.29, 0.717) is 0 Å². The zero-order valence-corrected chi connectivity index (χ0v) is 21.4. The van der Waals surface area contributed by atoms with Crippen LogP contribution in [0.4, 0.5) is 0 Å². The molecule has 3 nitrogen and oxygen atoms in total. The molecule has 3 rings (SSSR count). The summed E-state index contributed by atoms with van der Waals surface area (Å²) in [6.45, 7) is 3.41. The van der Waals surface area contributed by atoms with E-state index in [1.165, 1.54) is 86.4 Å². The van der Waals surface area contributed by atoms with Gasteiger partial charge in [-0.05, 0) is 58.9 Å². The number of benzene rings is 1. The molecule has 0 saturated carbocycles. The van der Waals surface area contributed by atoms with Crippen LogP contribution in [0.3, 0.4) is 0 Å². The zero-order chi connectivity index (χ0) is 23.0. The monoisotopic (exact) mass is 436 g/mol. The van der Waals surface area contributed by atoms with Gasteiger partial charge in [0, 0.05) is 23.4 Å². The predicted octanol–water partition coefficient (Wildman–Crippen LogP) is 6.44. The van der Waals surface area contributed by atoms with Crippen LogP contribution in [-0.2, 0) is 13.0 Å². The molecule has 1 aliphatic carbocycles. The number of likely N-dealkylation sites (N-methyl/N-ethyl adjacent to an activating group) is 2. The first kappa shape index (κ1) is 24.9. The van der Waals surface area contributed by atoms with Crippen molar-refractivity contribution in [1.82, 2.24) is 9.80 Å². The third-order valence-electron chi connectivity index (χ3n) is 7.44. The van der Waals surface area contributed by atoms with E-state index in [4.69, 9.17) is 0 Å². The lowest BCUT2D eigenvalue weighted by Gasteiger charge is -2.44. The second-order valence-corrected chi connectivity index (χ2v) is 10.1. The third-order valence-corrected chi connectivity index (χ3v) is 7.44. The van der Waals surface area contributed by atoms with Gasteiger partial charge in [-0.25, -0.2) is 0 Å². The highest BCUT2D eigenvalue weighted by Crippen LogP contribution is 2.31. The second kappa shape index (κ2) is 12.0. The van der Waals surface area contributed by atoms with E-state index in [9.17, 15) is 0 Å². The molecule has 1 heterocycles. The summed E-state index contributed by atoms with van der Waals surface area (Å²) in [7, 11) is 8.79. The van der Waals surface area contributed by atoms with E-state index in [1.54, 1.807) is 0 Å². The summed E-state index contributed by atoms with van der Waals surface area (Å²) in [6, 6.07) is 11.3. The lowest BCUT2D eigenvalue weighted by molar-refractivity contribution is -0.680. The van der Waals surface area contributed by atoms with Gasteiger partial charge in [-0.3, -0.25) is 9.80 Å². The van der Waals surface area contributed by atoms with E-state index in [0.717, 1.165) is 13.0 Å². The lowest BCUT2D eigenvalue weighted by atomic mass is 9.89. The Bertz CT molecular complexity index is 873. The van der Waals surface area contributed by atoms with E-state index in [2.05, 4.69) is 92.0 Å². The largest absolute Gasteiger partial charge is 0.288 e. The van der Waals surface area contributed by atoms with Crippen molar-refractivity contribution in [2.45, 2.75) is 89.8 Å². The zero-order valence-electron chi connectivity index (χ0n) is 21.4. The second-order valence-electron chi connectivity index (χ2n) is 10.1. The van der Waals surface area contributed by atoms with Crippen LogP contribution in [0.5, 0.6) is 0 Å². The molecular weight excluding hydrogens is 390 g/mol. The molecule has 0 unspecified atom stereocenters. The minimum absolute atomic E-state index is 0.0744. The molecule has 0 amide bonds. The first-order chi connectivity index (χ1) is 15.5. The average Bonchev–Trinajstić information content (AvgIpc) is 2.79. The number of unbranched alkanes of at least 4 members (excludes halogenated alkanes) is 9. The first-order valence-corrected chi connectivity index (χ1v) is 13.0. The Morgan fingerprint density at radius 1 is 0.812 bits per heavy atom. The van der Waals surface area contributed by atoms with Crippen molar-refractivity contribution in [2.24, 2.45) is 0 Å². The average molecular weight is 437 g/mol. The first-order valence-electron chi connectivity index (χ1n) is 13.0. The molecular formula is C29H46N3+. The van der Waals surface area contributed by atoms with Crippen LogP contribution in [0.15, 0.2) is 36.4 Å². The van der Waals surface area contributed by atoms with Gasteiger partial charge in [0.25, 0.3) is 0 Å². The maximum Gasteiger partial charge on any atom is 0.212 e. The Morgan fingerprint density at radius 3 is 2.03 bits per heavy atom. The predicted molar refractivity (Wildman–Crippen MR) is 139 cm³/mol. The fraction of sp³-hybridized carbons (Fsp3) is 0.621. The van der Waals surface area contributed by atoms with Crippen LogP contribution >= 0.6 is 0 Å². The van der Waals surface area contributed by atoms with E-state index in [1.807, 2.05) is 0 Å². The number of nitrogens with zero attached hydrogens (tertiary/aromatic N) is 3. The van der Waals surface area contributed by atoms with Gasteiger partial charge in [0.2, 0.25) is 5.52 Å². The topological polar surface area (TPSA) is 10.4 Å². The van der Waals surface area contributed by atoms with Crippen LogP contribution in [0.1, 0.15) is 82.4 Å². The maximum absolute atomic E-state index is 2.63. The van der Waals surface area contributed by atoms with Crippen LogP contribution in [0.25, 0.3) is 17.0 Å². The highest BCUT2D eigenvalue weighted by molar-refractivity contribution is 5.79. The summed E-state index contributed by atoms with van der Waals surface area (Å²) in [6.07, 6.45) is 19.6. The number of fused-ring (bicyclic) bond motifs is 2. The van der Waals surface area contributed by atoms with Gasteiger partial charge in [-0.15, -0.1) is 0 Å². The maximum atomic E-state index is 2.63. The molecule has 3 heteroatoms. The molecule has 0 atom stereocenters. The SMILES string of the molecule is CCCCCCCCCCCC[n+]1c2c(cc3ccccc31)C=CC(N(C)C)(N(C)C)C2. The fourth-order valence-corrected chi connectivity index (χ4v) is 5.31. The van der Waals surface area contributed by atoms with Crippen LogP contribution in [0, 0.1) is 0 Å². The fourth-order valence-electron chi connectivity index (χ4n) is 5.31. The highest BCUT2D eigenvalue weighted by Gasteiger charge is 2.39. The van der Waals surface area contributed by atoms with Gasteiger partial charge >= 0.3 is 0 Å². The molecule has 32 heavy (non-hydrogen) atoms. The minimum atomic E-state index is -0.0744. The quantitative estimate of drug-likeness (QED) is 0.203. The van der Waals surface area contributed by atoms with Gasteiger partial charge < -0.3 is 0 Å². The van der Waals surface area contributed by atoms with Gasteiger partial charge in [0.05, 0.1) is 6.42 Å². The van der Waals surface area contributed by atoms with E-state index < -0.39 is 0 Å². The lowest BCUT2D eigenvalue weighted by Crippen LogP contribution is -2.58. The molecule has 176 valence electrons. The molecule has 2 aromatic rings. The molecule has 0 radical (unpaired) electrons. The summed E-state index contributed by atoms with van der Waals surface area (Å²) in [5, 5.41) is 1.35. The Labute approximate surface area is 197 Å². The van der Waals surface area contributed by atoms with E-state index in [-0.39, 0.29) is 5.66 Å². The van der Waals surface area contributed by atoms with E-state index >= 15 is 0 Å². The normalized spacial score (nSPS) is 15.1. The van der Waals surface area contributed by atoms with Crippen molar-refractivity contribution in [3.05, 3.63) is 47.7 Å².